The number of rotatable bonds is 8. The van der Waals surface area contributed by atoms with E-state index in [4.69, 9.17) is 9.47 Å². The van der Waals surface area contributed by atoms with Crippen molar-refractivity contribution in [1.82, 2.24) is 4.90 Å². The van der Waals surface area contributed by atoms with Gasteiger partial charge in [0.2, 0.25) is 0 Å². The standard InChI is InChI=1S/C24H27NO5/c1-5-19(26)21-22(16-10-8-11-18(13-16)30-15(2)3)25(24(28)23(21)27)14-17-9-6-7-12-20(17)29-4/h6-13,15,22,27H,5,14H2,1-4H3. The molecule has 2 aromatic rings. The van der Waals surface area contributed by atoms with E-state index in [1.54, 1.807) is 14.0 Å². The van der Waals surface area contributed by atoms with Crippen molar-refractivity contribution in [3.63, 3.8) is 0 Å². The fraction of sp³-hybridized carbons (Fsp3) is 0.333. The zero-order valence-corrected chi connectivity index (χ0v) is 17.7. The van der Waals surface area contributed by atoms with Crippen LogP contribution in [0.3, 0.4) is 0 Å². The van der Waals surface area contributed by atoms with Gasteiger partial charge in [-0.25, -0.2) is 0 Å². The highest BCUT2D eigenvalue weighted by atomic mass is 16.5. The zero-order valence-electron chi connectivity index (χ0n) is 17.7. The van der Waals surface area contributed by atoms with Crippen molar-refractivity contribution in [3.8, 4) is 11.5 Å². The summed E-state index contributed by atoms with van der Waals surface area (Å²) in [5, 5.41) is 10.6. The van der Waals surface area contributed by atoms with E-state index < -0.39 is 17.7 Å². The first-order valence-corrected chi connectivity index (χ1v) is 10.0. The molecule has 6 nitrogen and oxygen atoms in total. The monoisotopic (exact) mass is 409 g/mol. The minimum Gasteiger partial charge on any atom is -0.503 e. The van der Waals surface area contributed by atoms with Crippen LogP contribution in [-0.2, 0) is 16.1 Å². The van der Waals surface area contributed by atoms with E-state index in [-0.39, 0.29) is 30.4 Å². The van der Waals surface area contributed by atoms with Crippen LogP contribution in [0.5, 0.6) is 11.5 Å². The number of aliphatic hydroxyl groups excluding tert-OH is 1. The second kappa shape index (κ2) is 9.03. The van der Waals surface area contributed by atoms with Crippen LogP contribution in [0.15, 0.2) is 59.9 Å². The summed E-state index contributed by atoms with van der Waals surface area (Å²) in [5.74, 6) is -0.0454. The molecule has 1 atom stereocenters. The molecule has 1 amide bonds. The van der Waals surface area contributed by atoms with Crippen LogP contribution in [0.2, 0.25) is 0 Å². The number of para-hydroxylation sites is 1. The summed E-state index contributed by atoms with van der Waals surface area (Å²) in [4.78, 5) is 27.2. The molecule has 3 rings (SSSR count). The van der Waals surface area contributed by atoms with Gasteiger partial charge >= 0.3 is 0 Å². The molecule has 30 heavy (non-hydrogen) atoms. The molecule has 0 aliphatic carbocycles. The average molecular weight is 409 g/mol. The lowest BCUT2D eigenvalue weighted by Gasteiger charge is -2.28. The van der Waals surface area contributed by atoms with Crippen LogP contribution >= 0.6 is 0 Å². The van der Waals surface area contributed by atoms with E-state index in [1.165, 1.54) is 4.90 Å². The van der Waals surface area contributed by atoms with Crippen LogP contribution in [0.4, 0.5) is 0 Å². The maximum atomic E-state index is 13.0. The normalized spacial score (nSPS) is 16.4. The van der Waals surface area contributed by atoms with Crippen molar-refractivity contribution in [2.45, 2.75) is 45.9 Å². The second-order valence-electron chi connectivity index (χ2n) is 7.43. The summed E-state index contributed by atoms with van der Waals surface area (Å²) in [6.07, 6.45) is 0.171. The predicted molar refractivity (Wildman–Crippen MR) is 113 cm³/mol. The SMILES string of the molecule is CCC(=O)C1=C(O)C(=O)N(Cc2ccccc2OC)C1c1cccc(OC(C)C)c1. The molecular weight excluding hydrogens is 382 g/mol. The van der Waals surface area contributed by atoms with Crippen molar-refractivity contribution < 1.29 is 24.2 Å². The third kappa shape index (κ3) is 4.17. The molecule has 6 heteroatoms. The molecule has 0 saturated carbocycles. The highest BCUT2D eigenvalue weighted by molar-refractivity contribution is 6.08. The van der Waals surface area contributed by atoms with Crippen LogP contribution in [0, 0.1) is 0 Å². The van der Waals surface area contributed by atoms with Gasteiger partial charge in [-0.3, -0.25) is 9.59 Å². The Bertz CT molecular complexity index is 979. The fourth-order valence-corrected chi connectivity index (χ4v) is 3.69. The highest BCUT2D eigenvalue weighted by Gasteiger charge is 2.43. The van der Waals surface area contributed by atoms with Crippen molar-refractivity contribution in [3.05, 3.63) is 71.0 Å². The summed E-state index contributed by atoms with van der Waals surface area (Å²) in [5.41, 5.74) is 1.61. The zero-order chi connectivity index (χ0) is 21.8. The molecule has 1 aliphatic rings. The number of Topliss-reactive ketones (excluding diaryl/α,β-unsaturated/α-hetero) is 1. The molecule has 2 aromatic carbocycles. The Morgan fingerprint density at radius 2 is 1.90 bits per heavy atom. The number of ketones is 1. The van der Waals surface area contributed by atoms with Crippen molar-refractivity contribution >= 4 is 11.7 Å². The van der Waals surface area contributed by atoms with E-state index in [0.29, 0.717) is 17.1 Å². The van der Waals surface area contributed by atoms with E-state index in [9.17, 15) is 14.7 Å². The van der Waals surface area contributed by atoms with E-state index >= 15 is 0 Å². The van der Waals surface area contributed by atoms with Crippen LogP contribution < -0.4 is 9.47 Å². The first-order valence-electron chi connectivity index (χ1n) is 10.0. The van der Waals surface area contributed by atoms with Crippen molar-refractivity contribution in [1.29, 1.82) is 0 Å². The number of aliphatic hydroxyl groups is 1. The van der Waals surface area contributed by atoms with Crippen LogP contribution in [-0.4, -0.2) is 34.9 Å². The lowest BCUT2D eigenvalue weighted by molar-refractivity contribution is -0.130. The number of methoxy groups -OCH3 is 1. The Hall–Kier alpha value is -3.28. The molecule has 0 radical (unpaired) electrons. The molecule has 0 aromatic heterocycles. The molecule has 0 saturated heterocycles. The topological polar surface area (TPSA) is 76.1 Å². The van der Waals surface area contributed by atoms with Crippen molar-refractivity contribution in [2.75, 3.05) is 7.11 Å². The molecule has 0 bridgehead atoms. The van der Waals surface area contributed by atoms with Gasteiger partial charge < -0.3 is 19.5 Å². The summed E-state index contributed by atoms with van der Waals surface area (Å²) in [6, 6.07) is 14.0. The maximum Gasteiger partial charge on any atom is 0.290 e. The molecule has 1 heterocycles. The number of hydrogen-bond donors (Lipinski definition) is 1. The average Bonchev–Trinajstić information content (AvgIpc) is 2.98. The van der Waals surface area contributed by atoms with E-state index in [0.717, 1.165) is 5.56 Å². The molecule has 0 spiro atoms. The number of carbonyl (C=O) groups excluding carboxylic acids is 2. The maximum absolute atomic E-state index is 13.0. The molecule has 1 aliphatic heterocycles. The first kappa shape index (κ1) is 21.4. The number of carbonyl (C=O) groups is 2. The lowest BCUT2D eigenvalue weighted by atomic mass is 9.94. The Labute approximate surface area is 176 Å². The van der Waals surface area contributed by atoms with Gasteiger partial charge in [0.15, 0.2) is 11.5 Å². The lowest BCUT2D eigenvalue weighted by Crippen LogP contribution is -2.30. The van der Waals surface area contributed by atoms with Gasteiger partial charge in [-0.05, 0) is 37.6 Å². The third-order valence-corrected chi connectivity index (χ3v) is 5.00. The number of ether oxygens (including phenoxy) is 2. The Kier molecular flexibility index (Phi) is 6.45. The Morgan fingerprint density at radius 3 is 2.57 bits per heavy atom. The van der Waals surface area contributed by atoms with Crippen LogP contribution in [0.25, 0.3) is 0 Å². The number of benzene rings is 2. The van der Waals surface area contributed by atoms with Gasteiger partial charge in [0.05, 0.1) is 31.4 Å². The predicted octanol–water partition coefficient (Wildman–Crippen LogP) is 4.36. The summed E-state index contributed by atoms with van der Waals surface area (Å²) >= 11 is 0. The molecule has 1 unspecified atom stereocenters. The summed E-state index contributed by atoms with van der Waals surface area (Å²) < 4.78 is 11.2. The highest BCUT2D eigenvalue weighted by Crippen LogP contribution is 2.40. The number of hydrogen-bond acceptors (Lipinski definition) is 5. The second-order valence-corrected chi connectivity index (χ2v) is 7.43. The third-order valence-electron chi connectivity index (χ3n) is 5.00. The van der Waals surface area contributed by atoms with Gasteiger partial charge in [0, 0.05) is 12.0 Å². The van der Waals surface area contributed by atoms with Gasteiger partial charge in [-0.1, -0.05) is 37.3 Å². The van der Waals surface area contributed by atoms with Gasteiger partial charge in [0.1, 0.15) is 11.5 Å². The van der Waals surface area contributed by atoms with E-state index in [2.05, 4.69) is 0 Å². The smallest absolute Gasteiger partial charge is 0.290 e. The Morgan fingerprint density at radius 1 is 1.17 bits per heavy atom. The minimum absolute atomic E-state index is 0.0177. The fourth-order valence-electron chi connectivity index (χ4n) is 3.69. The molecule has 0 fully saturated rings. The van der Waals surface area contributed by atoms with Gasteiger partial charge in [-0.2, -0.15) is 0 Å². The van der Waals surface area contributed by atoms with Crippen LogP contribution in [0.1, 0.15) is 44.4 Å². The molecule has 1 N–H and O–H groups in total. The van der Waals surface area contributed by atoms with Gasteiger partial charge in [0.25, 0.3) is 5.91 Å². The number of nitrogens with zero attached hydrogens (tertiary/aromatic N) is 1. The largest absolute Gasteiger partial charge is 0.503 e. The quantitative estimate of drug-likeness (QED) is 0.701. The minimum atomic E-state index is -0.703. The molecule has 158 valence electrons. The Balaban J connectivity index is 2.07. The summed E-state index contributed by atoms with van der Waals surface area (Å²) in [7, 11) is 1.57. The van der Waals surface area contributed by atoms with Gasteiger partial charge in [-0.15, -0.1) is 0 Å². The summed E-state index contributed by atoms with van der Waals surface area (Å²) in [6.45, 7) is 5.76. The first-order chi connectivity index (χ1) is 14.4. The number of amides is 1. The molecular formula is C24H27NO5. The van der Waals surface area contributed by atoms with Crippen molar-refractivity contribution in [2.24, 2.45) is 0 Å². The van der Waals surface area contributed by atoms with E-state index in [1.807, 2.05) is 62.4 Å².